The molecule has 0 bridgehead atoms. The Morgan fingerprint density at radius 1 is 1.23 bits per heavy atom. The van der Waals surface area contributed by atoms with E-state index in [1.807, 2.05) is 23.6 Å². The van der Waals surface area contributed by atoms with Gasteiger partial charge >= 0.3 is 0 Å². The lowest BCUT2D eigenvalue weighted by Gasteiger charge is -2.22. The Labute approximate surface area is 135 Å². The van der Waals surface area contributed by atoms with Gasteiger partial charge in [-0.25, -0.2) is 13.1 Å². The van der Waals surface area contributed by atoms with E-state index in [2.05, 4.69) is 18.6 Å². The smallest absolute Gasteiger partial charge is 0.240 e. The van der Waals surface area contributed by atoms with E-state index in [1.165, 1.54) is 11.3 Å². The van der Waals surface area contributed by atoms with Crippen LogP contribution in [0.3, 0.4) is 0 Å². The quantitative estimate of drug-likeness (QED) is 0.850. The van der Waals surface area contributed by atoms with Crippen LogP contribution in [0.4, 0.5) is 0 Å². The molecule has 0 fully saturated rings. The van der Waals surface area contributed by atoms with E-state index in [0.29, 0.717) is 5.92 Å². The monoisotopic (exact) mass is 339 g/mol. The standard InChI is InChI=1S/C16H21NO3S2/c1-12(2)13-6-8-14(9-7-13)22(19,20)17-11-16(3,18)15-5-4-10-21-15/h4-10,12,17-18H,11H2,1-3H3. The first-order valence-corrected chi connectivity index (χ1v) is 9.45. The molecule has 1 atom stereocenters. The van der Waals surface area contributed by atoms with Crippen molar-refractivity contribution in [2.24, 2.45) is 0 Å². The maximum atomic E-state index is 12.3. The van der Waals surface area contributed by atoms with Crippen LogP contribution in [0.5, 0.6) is 0 Å². The van der Waals surface area contributed by atoms with Crippen molar-refractivity contribution in [3.8, 4) is 0 Å². The first kappa shape index (κ1) is 17.1. The molecule has 0 aliphatic heterocycles. The number of rotatable bonds is 6. The zero-order chi connectivity index (χ0) is 16.4. The number of thiophene rings is 1. The molecule has 1 unspecified atom stereocenters. The molecule has 4 nitrogen and oxygen atoms in total. The van der Waals surface area contributed by atoms with Gasteiger partial charge in [0.1, 0.15) is 5.60 Å². The zero-order valence-corrected chi connectivity index (χ0v) is 14.5. The summed E-state index contributed by atoms with van der Waals surface area (Å²) in [6, 6.07) is 10.4. The van der Waals surface area contributed by atoms with Gasteiger partial charge in [0.05, 0.1) is 4.90 Å². The molecule has 0 saturated heterocycles. The Hall–Kier alpha value is -1.21. The van der Waals surface area contributed by atoms with Gasteiger partial charge in [-0.1, -0.05) is 32.0 Å². The fourth-order valence-corrected chi connectivity index (χ4v) is 3.94. The fourth-order valence-electron chi connectivity index (χ4n) is 2.02. The van der Waals surface area contributed by atoms with Gasteiger partial charge < -0.3 is 5.11 Å². The molecule has 2 N–H and O–H groups in total. The van der Waals surface area contributed by atoms with Crippen molar-refractivity contribution < 1.29 is 13.5 Å². The van der Waals surface area contributed by atoms with Crippen molar-refractivity contribution in [3.63, 3.8) is 0 Å². The summed E-state index contributed by atoms with van der Waals surface area (Å²) in [7, 11) is -3.63. The lowest BCUT2D eigenvalue weighted by atomic mass is 10.0. The average molecular weight is 339 g/mol. The third-order valence-corrected chi connectivity index (χ3v) is 6.06. The van der Waals surface area contributed by atoms with Gasteiger partial charge in [-0.05, 0) is 42.0 Å². The molecule has 22 heavy (non-hydrogen) atoms. The highest BCUT2D eigenvalue weighted by Gasteiger charge is 2.27. The summed E-state index contributed by atoms with van der Waals surface area (Å²) < 4.78 is 27.1. The van der Waals surface area contributed by atoms with E-state index in [-0.39, 0.29) is 11.4 Å². The van der Waals surface area contributed by atoms with Crippen molar-refractivity contribution in [2.75, 3.05) is 6.54 Å². The highest BCUT2D eigenvalue weighted by atomic mass is 32.2. The first-order chi connectivity index (χ1) is 10.2. The second-order valence-corrected chi connectivity index (χ2v) is 8.51. The van der Waals surface area contributed by atoms with Gasteiger partial charge in [0, 0.05) is 11.4 Å². The minimum Gasteiger partial charge on any atom is -0.383 e. The molecule has 0 aliphatic rings. The molecular weight excluding hydrogens is 318 g/mol. The minimum absolute atomic E-state index is 0.0677. The summed E-state index contributed by atoms with van der Waals surface area (Å²) in [6.07, 6.45) is 0. The van der Waals surface area contributed by atoms with E-state index < -0.39 is 15.6 Å². The number of nitrogens with one attached hydrogen (secondary N) is 1. The van der Waals surface area contributed by atoms with Crippen LogP contribution in [-0.2, 0) is 15.6 Å². The van der Waals surface area contributed by atoms with E-state index in [1.54, 1.807) is 25.1 Å². The topological polar surface area (TPSA) is 66.4 Å². The van der Waals surface area contributed by atoms with Crippen molar-refractivity contribution in [1.29, 1.82) is 0 Å². The van der Waals surface area contributed by atoms with E-state index in [9.17, 15) is 13.5 Å². The molecule has 1 aromatic carbocycles. The molecule has 2 rings (SSSR count). The Bertz CT molecular complexity index is 702. The third kappa shape index (κ3) is 3.95. The minimum atomic E-state index is -3.63. The van der Waals surface area contributed by atoms with E-state index in [4.69, 9.17) is 0 Å². The van der Waals surface area contributed by atoms with Crippen LogP contribution in [-0.4, -0.2) is 20.1 Å². The summed E-state index contributed by atoms with van der Waals surface area (Å²) in [4.78, 5) is 0.934. The highest BCUT2D eigenvalue weighted by molar-refractivity contribution is 7.89. The van der Waals surface area contributed by atoms with Crippen LogP contribution in [0.25, 0.3) is 0 Å². The van der Waals surface area contributed by atoms with Crippen molar-refractivity contribution in [3.05, 3.63) is 52.2 Å². The molecule has 2 aromatic rings. The zero-order valence-electron chi connectivity index (χ0n) is 12.9. The average Bonchev–Trinajstić information content (AvgIpc) is 3.00. The largest absolute Gasteiger partial charge is 0.383 e. The highest BCUT2D eigenvalue weighted by Crippen LogP contribution is 2.25. The number of hydrogen-bond acceptors (Lipinski definition) is 4. The van der Waals surface area contributed by atoms with Gasteiger partial charge in [0.2, 0.25) is 10.0 Å². The number of benzene rings is 1. The van der Waals surface area contributed by atoms with Crippen LogP contribution >= 0.6 is 11.3 Å². The normalized spacial score (nSPS) is 15.0. The lowest BCUT2D eigenvalue weighted by molar-refractivity contribution is 0.0666. The van der Waals surface area contributed by atoms with Gasteiger partial charge in [0.15, 0.2) is 0 Å². The molecule has 0 aliphatic carbocycles. The molecule has 1 heterocycles. The number of sulfonamides is 1. The van der Waals surface area contributed by atoms with Crippen LogP contribution < -0.4 is 4.72 Å². The SMILES string of the molecule is CC(C)c1ccc(S(=O)(=O)NCC(C)(O)c2cccs2)cc1. The van der Waals surface area contributed by atoms with Crippen molar-refractivity contribution >= 4 is 21.4 Å². The van der Waals surface area contributed by atoms with Gasteiger partial charge in [0.25, 0.3) is 0 Å². The van der Waals surface area contributed by atoms with Crippen LogP contribution in [0.15, 0.2) is 46.7 Å². The lowest BCUT2D eigenvalue weighted by Crippen LogP contribution is -2.38. The summed E-state index contributed by atoms with van der Waals surface area (Å²) in [5.74, 6) is 0.351. The summed E-state index contributed by atoms with van der Waals surface area (Å²) >= 11 is 1.40. The third-order valence-electron chi connectivity index (χ3n) is 3.52. The summed E-state index contributed by atoms with van der Waals surface area (Å²) in [6.45, 7) is 5.64. The molecule has 0 spiro atoms. The summed E-state index contributed by atoms with van der Waals surface area (Å²) in [5.41, 5.74) is -0.136. The van der Waals surface area contributed by atoms with Crippen LogP contribution in [0.1, 0.15) is 37.1 Å². The molecule has 1 aromatic heterocycles. The molecule has 6 heteroatoms. The summed E-state index contributed by atoms with van der Waals surface area (Å²) in [5, 5.41) is 12.2. The van der Waals surface area contributed by atoms with Crippen molar-refractivity contribution in [2.45, 2.75) is 37.2 Å². The maximum Gasteiger partial charge on any atom is 0.240 e. The Kier molecular flexibility index (Phi) is 5.07. The second kappa shape index (κ2) is 6.50. The molecule has 0 amide bonds. The van der Waals surface area contributed by atoms with Gasteiger partial charge in [-0.3, -0.25) is 0 Å². The second-order valence-electron chi connectivity index (χ2n) is 5.80. The van der Waals surface area contributed by atoms with Gasteiger partial charge in [-0.15, -0.1) is 11.3 Å². The molecule has 0 radical (unpaired) electrons. The molecular formula is C16H21NO3S2. The first-order valence-electron chi connectivity index (χ1n) is 7.08. The van der Waals surface area contributed by atoms with Gasteiger partial charge in [-0.2, -0.15) is 0 Å². The Balaban J connectivity index is 2.11. The predicted octanol–water partition coefficient (Wildman–Crippen LogP) is 3.06. The maximum absolute atomic E-state index is 12.3. The number of aliphatic hydroxyl groups is 1. The Morgan fingerprint density at radius 3 is 2.36 bits per heavy atom. The molecule has 120 valence electrons. The van der Waals surface area contributed by atoms with E-state index in [0.717, 1.165) is 10.4 Å². The van der Waals surface area contributed by atoms with Crippen molar-refractivity contribution in [1.82, 2.24) is 4.72 Å². The molecule has 0 saturated carbocycles. The van der Waals surface area contributed by atoms with Crippen LogP contribution in [0, 0.1) is 0 Å². The van der Waals surface area contributed by atoms with Crippen LogP contribution in [0.2, 0.25) is 0 Å². The Morgan fingerprint density at radius 2 is 1.86 bits per heavy atom. The number of hydrogen-bond donors (Lipinski definition) is 2. The predicted molar refractivity (Wildman–Crippen MR) is 89.6 cm³/mol. The fraction of sp³-hybridized carbons (Fsp3) is 0.375. The van der Waals surface area contributed by atoms with E-state index >= 15 is 0 Å².